The number of anilines is 2. The molecule has 28 heavy (non-hydrogen) atoms. The van der Waals surface area contributed by atoms with Gasteiger partial charge in [0.2, 0.25) is 5.91 Å². The van der Waals surface area contributed by atoms with E-state index in [-0.39, 0.29) is 16.9 Å². The van der Waals surface area contributed by atoms with Crippen molar-refractivity contribution in [2.75, 3.05) is 10.6 Å². The van der Waals surface area contributed by atoms with Crippen LogP contribution >= 0.6 is 12.2 Å². The minimum absolute atomic E-state index is 0.139. The molecule has 0 radical (unpaired) electrons. The smallest absolute Gasteiger partial charge is 0.255 e. The summed E-state index contributed by atoms with van der Waals surface area (Å²) in [6.07, 6.45) is 4.38. The standard InChI is InChI=1S/C21H17N3O3S/c25-19(12-11-18-10-5-13-27-18)24-21(28)23-17-9-4-8-16(14-17)22-20(26)15-6-2-1-3-7-15/h1-14H,(H,22,26)(H2,23,24,25,28). The van der Waals surface area contributed by atoms with Gasteiger partial charge in [0.05, 0.1) is 6.26 Å². The molecular weight excluding hydrogens is 374 g/mol. The lowest BCUT2D eigenvalue weighted by Crippen LogP contribution is -2.32. The van der Waals surface area contributed by atoms with Crippen molar-refractivity contribution in [2.45, 2.75) is 0 Å². The van der Waals surface area contributed by atoms with Gasteiger partial charge in [0.15, 0.2) is 5.11 Å². The normalized spacial score (nSPS) is 10.4. The largest absolute Gasteiger partial charge is 0.465 e. The summed E-state index contributed by atoms with van der Waals surface area (Å²) in [5, 5.41) is 8.41. The summed E-state index contributed by atoms with van der Waals surface area (Å²) in [7, 11) is 0. The molecule has 1 aromatic heterocycles. The van der Waals surface area contributed by atoms with Gasteiger partial charge in [-0.1, -0.05) is 24.3 Å². The SMILES string of the molecule is O=C(C=Cc1ccco1)NC(=S)Nc1cccc(NC(=O)c2ccccc2)c1. The lowest BCUT2D eigenvalue weighted by molar-refractivity contribution is -0.115. The van der Waals surface area contributed by atoms with Crippen LogP contribution in [-0.2, 0) is 4.79 Å². The monoisotopic (exact) mass is 391 g/mol. The lowest BCUT2D eigenvalue weighted by Gasteiger charge is -2.10. The second-order valence-electron chi connectivity index (χ2n) is 5.69. The van der Waals surface area contributed by atoms with Gasteiger partial charge in [-0.05, 0) is 60.8 Å². The third-order valence-corrected chi connectivity index (χ3v) is 3.80. The molecule has 0 saturated carbocycles. The number of amides is 2. The third kappa shape index (κ3) is 5.65. The maximum Gasteiger partial charge on any atom is 0.255 e. The number of carbonyl (C=O) groups is 2. The van der Waals surface area contributed by atoms with E-state index in [1.807, 2.05) is 6.07 Å². The molecule has 0 fully saturated rings. The predicted octanol–water partition coefficient (Wildman–Crippen LogP) is 4.06. The predicted molar refractivity (Wildman–Crippen MR) is 113 cm³/mol. The van der Waals surface area contributed by atoms with Crippen molar-refractivity contribution in [3.63, 3.8) is 0 Å². The van der Waals surface area contributed by atoms with Crippen molar-refractivity contribution in [1.29, 1.82) is 0 Å². The zero-order valence-corrected chi connectivity index (χ0v) is 15.5. The van der Waals surface area contributed by atoms with Gasteiger partial charge in [0.1, 0.15) is 5.76 Å². The van der Waals surface area contributed by atoms with Crippen molar-refractivity contribution >= 4 is 46.6 Å². The number of carbonyl (C=O) groups excluding carboxylic acids is 2. The van der Waals surface area contributed by atoms with Crippen molar-refractivity contribution < 1.29 is 14.0 Å². The molecule has 3 rings (SSSR count). The van der Waals surface area contributed by atoms with Crippen LogP contribution in [0.25, 0.3) is 6.08 Å². The number of nitrogens with one attached hydrogen (secondary N) is 3. The van der Waals surface area contributed by atoms with Gasteiger partial charge in [-0.25, -0.2) is 0 Å². The van der Waals surface area contributed by atoms with E-state index in [4.69, 9.17) is 16.6 Å². The summed E-state index contributed by atoms with van der Waals surface area (Å²) in [5.74, 6) is -0.0324. The average Bonchev–Trinajstić information content (AvgIpc) is 3.21. The number of furan rings is 1. The first-order valence-electron chi connectivity index (χ1n) is 8.40. The minimum atomic E-state index is -0.387. The highest BCUT2D eigenvalue weighted by Gasteiger charge is 2.07. The van der Waals surface area contributed by atoms with Crippen LogP contribution in [0.15, 0.2) is 83.5 Å². The first kappa shape index (κ1) is 19.1. The first-order chi connectivity index (χ1) is 13.6. The lowest BCUT2D eigenvalue weighted by atomic mass is 10.2. The van der Waals surface area contributed by atoms with Crippen LogP contribution < -0.4 is 16.0 Å². The third-order valence-electron chi connectivity index (χ3n) is 3.59. The number of rotatable bonds is 5. The molecule has 0 saturated heterocycles. The van der Waals surface area contributed by atoms with Gasteiger partial charge >= 0.3 is 0 Å². The maximum atomic E-state index is 12.2. The van der Waals surface area contributed by atoms with Crippen LogP contribution in [0.3, 0.4) is 0 Å². The van der Waals surface area contributed by atoms with E-state index in [1.54, 1.807) is 60.7 Å². The van der Waals surface area contributed by atoms with Crippen LogP contribution in [-0.4, -0.2) is 16.9 Å². The molecule has 1 heterocycles. The van der Waals surface area contributed by atoms with Crippen molar-refractivity contribution in [3.8, 4) is 0 Å². The van der Waals surface area contributed by atoms with Crippen molar-refractivity contribution in [2.24, 2.45) is 0 Å². The molecule has 0 spiro atoms. The second-order valence-corrected chi connectivity index (χ2v) is 6.10. The zero-order valence-electron chi connectivity index (χ0n) is 14.7. The molecular formula is C21H17N3O3S. The Morgan fingerprint density at radius 3 is 2.36 bits per heavy atom. The van der Waals surface area contributed by atoms with E-state index in [0.29, 0.717) is 22.7 Å². The Balaban J connectivity index is 1.55. The molecule has 3 aromatic rings. The molecule has 6 nitrogen and oxygen atoms in total. The molecule has 2 amide bonds. The Morgan fingerprint density at radius 1 is 0.893 bits per heavy atom. The minimum Gasteiger partial charge on any atom is -0.465 e. The fourth-order valence-electron chi connectivity index (χ4n) is 2.33. The molecule has 0 aliphatic heterocycles. The first-order valence-corrected chi connectivity index (χ1v) is 8.81. The van der Waals surface area contributed by atoms with Crippen molar-refractivity contribution in [1.82, 2.24) is 5.32 Å². The molecule has 0 unspecified atom stereocenters. The summed E-state index contributed by atoms with van der Waals surface area (Å²) < 4.78 is 5.11. The van der Waals surface area contributed by atoms with Gasteiger partial charge in [-0.3, -0.25) is 14.9 Å². The fourth-order valence-corrected chi connectivity index (χ4v) is 2.55. The zero-order chi connectivity index (χ0) is 19.8. The van der Waals surface area contributed by atoms with E-state index in [2.05, 4.69) is 16.0 Å². The van der Waals surface area contributed by atoms with E-state index in [0.717, 1.165) is 0 Å². The second kappa shape index (κ2) is 9.29. The van der Waals surface area contributed by atoms with Crippen LogP contribution in [0.2, 0.25) is 0 Å². The molecule has 140 valence electrons. The maximum absolute atomic E-state index is 12.2. The summed E-state index contributed by atoms with van der Waals surface area (Å²) in [4.78, 5) is 24.1. The molecule has 0 aliphatic carbocycles. The Morgan fingerprint density at radius 2 is 1.64 bits per heavy atom. The number of hydrogen-bond donors (Lipinski definition) is 3. The highest BCUT2D eigenvalue weighted by molar-refractivity contribution is 7.80. The molecule has 0 aliphatic rings. The Kier molecular flexibility index (Phi) is 6.33. The molecule has 2 aromatic carbocycles. The quantitative estimate of drug-likeness (QED) is 0.451. The van der Waals surface area contributed by atoms with E-state index < -0.39 is 0 Å². The highest BCUT2D eigenvalue weighted by atomic mass is 32.1. The van der Waals surface area contributed by atoms with Gasteiger partial charge in [-0.2, -0.15) is 0 Å². The Hall–Kier alpha value is -3.71. The van der Waals surface area contributed by atoms with Gasteiger partial charge in [-0.15, -0.1) is 0 Å². The summed E-state index contributed by atoms with van der Waals surface area (Å²) >= 11 is 5.15. The topological polar surface area (TPSA) is 83.4 Å². The highest BCUT2D eigenvalue weighted by Crippen LogP contribution is 2.16. The van der Waals surface area contributed by atoms with E-state index in [1.165, 1.54) is 18.4 Å². The van der Waals surface area contributed by atoms with Crippen LogP contribution in [0, 0.1) is 0 Å². The Labute approximate surface area is 167 Å². The van der Waals surface area contributed by atoms with Crippen LogP contribution in [0.4, 0.5) is 11.4 Å². The van der Waals surface area contributed by atoms with Gasteiger partial charge < -0.3 is 15.1 Å². The van der Waals surface area contributed by atoms with E-state index >= 15 is 0 Å². The number of benzene rings is 2. The molecule has 3 N–H and O–H groups in total. The van der Waals surface area contributed by atoms with Gasteiger partial charge in [0.25, 0.3) is 5.91 Å². The molecule has 7 heteroatoms. The number of thiocarbonyl (C=S) groups is 1. The van der Waals surface area contributed by atoms with Gasteiger partial charge in [0, 0.05) is 23.0 Å². The fraction of sp³-hybridized carbons (Fsp3) is 0. The summed E-state index contributed by atoms with van der Waals surface area (Å²) in [5.41, 5.74) is 1.80. The summed E-state index contributed by atoms with van der Waals surface area (Å²) in [6.45, 7) is 0. The van der Waals surface area contributed by atoms with Crippen molar-refractivity contribution in [3.05, 3.63) is 90.4 Å². The van der Waals surface area contributed by atoms with Crippen LogP contribution in [0.1, 0.15) is 16.1 Å². The van der Waals surface area contributed by atoms with E-state index in [9.17, 15) is 9.59 Å². The van der Waals surface area contributed by atoms with Crippen LogP contribution in [0.5, 0.6) is 0 Å². The molecule has 0 atom stereocenters. The Bertz CT molecular complexity index is 999. The summed E-state index contributed by atoms with van der Waals surface area (Å²) in [6, 6.07) is 19.4. The average molecular weight is 391 g/mol. The number of hydrogen-bond acceptors (Lipinski definition) is 4. The molecule has 0 bridgehead atoms.